The van der Waals surface area contributed by atoms with E-state index < -0.39 is 0 Å². The number of pyridine rings is 1. The van der Waals surface area contributed by atoms with Crippen LogP contribution in [0.5, 0.6) is 0 Å². The van der Waals surface area contributed by atoms with Gasteiger partial charge in [0.2, 0.25) is 0 Å². The zero-order valence-corrected chi connectivity index (χ0v) is 11.6. The van der Waals surface area contributed by atoms with Gasteiger partial charge in [0.25, 0.3) is 0 Å². The number of nitrogens with zero attached hydrogens (tertiary/aromatic N) is 2. The summed E-state index contributed by atoms with van der Waals surface area (Å²) < 4.78 is 0. The topological polar surface area (TPSA) is 67.6 Å². The van der Waals surface area contributed by atoms with E-state index in [0.717, 1.165) is 11.1 Å². The number of hydrogen-bond acceptors (Lipinski definition) is 4. The van der Waals surface area contributed by atoms with E-state index in [9.17, 15) is 0 Å². The van der Waals surface area contributed by atoms with Gasteiger partial charge in [-0.3, -0.25) is 10.1 Å². The van der Waals surface area contributed by atoms with Crippen LogP contribution in [-0.4, -0.2) is 27.7 Å². The number of nitrogen functional groups attached to an aromatic ring is 1. The van der Waals surface area contributed by atoms with Gasteiger partial charge in [0.05, 0.1) is 11.9 Å². The molecule has 17 heavy (non-hydrogen) atoms. The van der Waals surface area contributed by atoms with Crippen LogP contribution in [0.1, 0.15) is 13.8 Å². The second-order valence-electron chi connectivity index (χ2n) is 2.90. The van der Waals surface area contributed by atoms with E-state index in [0.29, 0.717) is 5.69 Å². The quantitative estimate of drug-likeness (QED) is 0.818. The largest absolute Gasteiger partial charge is 0.397 e. The molecule has 3 N–H and O–H groups in total. The summed E-state index contributed by atoms with van der Waals surface area (Å²) in [6.45, 7) is 4.00. The second-order valence-corrected chi connectivity index (χ2v) is 3.72. The van der Waals surface area contributed by atoms with Crippen molar-refractivity contribution in [2.24, 2.45) is 0 Å². The molecule has 5 heteroatoms. The second kappa shape index (κ2) is 9.72. The van der Waals surface area contributed by atoms with Gasteiger partial charge in [0, 0.05) is 29.7 Å². The van der Waals surface area contributed by atoms with E-state index >= 15 is 0 Å². The molecule has 0 radical (unpaired) electrons. The fraction of sp³-hybridized carbons (Fsp3) is 0.333. The van der Waals surface area contributed by atoms with Crippen molar-refractivity contribution >= 4 is 17.4 Å². The lowest BCUT2D eigenvalue weighted by molar-refractivity contribution is 1.09. The number of aromatic nitrogens is 3. The molecule has 0 fully saturated rings. The lowest BCUT2D eigenvalue weighted by atomic mass is 10.1. The van der Waals surface area contributed by atoms with Crippen molar-refractivity contribution in [1.29, 1.82) is 0 Å². The van der Waals surface area contributed by atoms with Crippen molar-refractivity contribution < 1.29 is 0 Å². The normalized spacial score (nSPS) is 8.47. The molecule has 2 aromatic heterocycles. The fourth-order valence-corrected chi connectivity index (χ4v) is 1.02. The van der Waals surface area contributed by atoms with Crippen molar-refractivity contribution in [2.75, 3.05) is 18.2 Å². The van der Waals surface area contributed by atoms with E-state index in [1.54, 1.807) is 36.5 Å². The molecule has 0 aromatic carbocycles. The Hall–Kier alpha value is -1.49. The van der Waals surface area contributed by atoms with Gasteiger partial charge in [0.15, 0.2) is 0 Å². The highest BCUT2D eigenvalue weighted by atomic mass is 32.2. The van der Waals surface area contributed by atoms with Crippen LogP contribution in [-0.2, 0) is 0 Å². The Labute approximate surface area is 107 Å². The SMILES string of the molecule is CC.CSC.Nc1cncc(-c2cn[nH]c2)c1. The Balaban J connectivity index is 0.000000450. The molecule has 2 aromatic rings. The molecule has 2 heterocycles. The van der Waals surface area contributed by atoms with Crippen molar-refractivity contribution in [3.8, 4) is 11.1 Å². The first-order valence-electron chi connectivity index (χ1n) is 5.37. The Morgan fingerprint density at radius 3 is 2.24 bits per heavy atom. The molecule has 0 atom stereocenters. The molecule has 4 nitrogen and oxygen atoms in total. The lowest BCUT2D eigenvalue weighted by Crippen LogP contribution is -1.86. The van der Waals surface area contributed by atoms with Crippen LogP contribution < -0.4 is 5.73 Å². The van der Waals surface area contributed by atoms with Gasteiger partial charge in [-0.1, -0.05) is 13.8 Å². The van der Waals surface area contributed by atoms with Gasteiger partial charge in [-0.15, -0.1) is 0 Å². The smallest absolute Gasteiger partial charge is 0.0566 e. The zero-order chi connectivity index (χ0) is 13.1. The van der Waals surface area contributed by atoms with E-state index in [1.165, 1.54) is 0 Å². The number of H-pyrrole nitrogens is 1. The lowest BCUT2D eigenvalue weighted by Gasteiger charge is -1.96. The maximum absolute atomic E-state index is 5.57. The standard InChI is InChI=1S/C8H8N4.C2H6S.C2H6/c9-8-1-6(2-10-5-8)7-3-11-12-4-7;1-3-2;1-2/h1-5H,9H2,(H,11,12);1-2H3;1-2H3. The third kappa shape index (κ3) is 5.97. The number of anilines is 1. The summed E-state index contributed by atoms with van der Waals surface area (Å²) in [5.41, 5.74) is 8.20. The average molecular weight is 252 g/mol. The molecule has 0 aliphatic carbocycles. The van der Waals surface area contributed by atoms with Gasteiger partial charge in [0.1, 0.15) is 0 Å². The minimum absolute atomic E-state index is 0.661. The van der Waals surface area contributed by atoms with Gasteiger partial charge >= 0.3 is 0 Å². The Morgan fingerprint density at radius 1 is 1.12 bits per heavy atom. The predicted molar refractivity (Wildman–Crippen MR) is 77.0 cm³/mol. The molecule has 0 aliphatic heterocycles. The highest BCUT2D eigenvalue weighted by Crippen LogP contribution is 2.17. The molecule has 0 saturated carbocycles. The summed E-state index contributed by atoms with van der Waals surface area (Å²) >= 11 is 1.75. The van der Waals surface area contributed by atoms with Crippen LogP contribution in [0.15, 0.2) is 30.9 Å². The molecule has 0 amide bonds. The molecule has 0 saturated heterocycles. The van der Waals surface area contributed by atoms with Crippen LogP contribution in [0.4, 0.5) is 5.69 Å². The molecule has 0 spiro atoms. The summed E-state index contributed by atoms with van der Waals surface area (Å²) in [4.78, 5) is 3.97. The third-order valence-corrected chi connectivity index (χ3v) is 1.59. The number of thioether (sulfide) groups is 1. The third-order valence-electron chi connectivity index (χ3n) is 1.59. The Morgan fingerprint density at radius 2 is 1.76 bits per heavy atom. The van der Waals surface area contributed by atoms with Gasteiger partial charge in [-0.25, -0.2) is 0 Å². The summed E-state index contributed by atoms with van der Waals surface area (Å²) in [5, 5.41) is 6.56. The van der Waals surface area contributed by atoms with Crippen LogP contribution in [0.25, 0.3) is 11.1 Å². The predicted octanol–water partition coefficient (Wildman–Crippen LogP) is 3.06. The zero-order valence-electron chi connectivity index (χ0n) is 10.8. The van der Waals surface area contributed by atoms with E-state index in [1.807, 2.05) is 32.4 Å². The number of rotatable bonds is 1. The summed E-state index contributed by atoms with van der Waals surface area (Å²) in [7, 11) is 0. The minimum Gasteiger partial charge on any atom is -0.397 e. The van der Waals surface area contributed by atoms with Crippen LogP contribution in [0.3, 0.4) is 0 Å². The van der Waals surface area contributed by atoms with Gasteiger partial charge in [-0.2, -0.15) is 16.9 Å². The summed E-state index contributed by atoms with van der Waals surface area (Å²) in [6.07, 6.45) is 11.0. The van der Waals surface area contributed by atoms with Crippen molar-refractivity contribution in [3.63, 3.8) is 0 Å². The molecule has 0 bridgehead atoms. The number of nitrogens with one attached hydrogen (secondary N) is 1. The monoisotopic (exact) mass is 252 g/mol. The van der Waals surface area contributed by atoms with E-state index in [2.05, 4.69) is 15.2 Å². The molecule has 0 unspecified atom stereocenters. The van der Waals surface area contributed by atoms with E-state index in [4.69, 9.17) is 5.73 Å². The first kappa shape index (κ1) is 15.5. The summed E-state index contributed by atoms with van der Waals surface area (Å²) in [6, 6.07) is 1.86. The van der Waals surface area contributed by atoms with Crippen LogP contribution in [0.2, 0.25) is 0 Å². The molecular weight excluding hydrogens is 232 g/mol. The molecule has 94 valence electrons. The number of hydrogen-bond donors (Lipinski definition) is 2. The average Bonchev–Trinajstić information content (AvgIpc) is 2.86. The summed E-state index contributed by atoms with van der Waals surface area (Å²) in [5.74, 6) is 0. The molecule has 2 rings (SSSR count). The molecular formula is C12H20N4S. The minimum atomic E-state index is 0.661. The van der Waals surface area contributed by atoms with Gasteiger partial charge < -0.3 is 5.73 Å². The highest BCUT2D eigenvalue weighted by molar-refractivity contribution is 7.97. The van der Waals surface area contributed by atoms with Gasteiger partial charge in [-0.05, 0) is 18.6 Å². The maximum atomic E-state index is 5.57. The first-order chi connectivity index (χ1) is 8.27. The van der Waals surface area contributed by atoms with Crippen molar-refractivity contribution in [3.05, 3.63) is 30.9 Å². The highest BCUT2D eigenvalue weighted by Gasteiger charge is 1.98. The fourth-order valence-electron chi connectivity index (χ4n) is 1.02. The number of nitrogens with two attached hydrogens (primary N) is 1. The first-order valence-corrected chi connectivity index (χ1v) is 7.01. The number of aromatic amines is 1. The Bertz CT molecular complexity index is 387. The van der Waals surface area contributed by atoms with Crippen molar-refractivity contribution in [1.82, 2.24) is 15.2 Å². The Kier molecular flexibility index (Phi) is 8.86. The van der Waals surface area contributed by atoms with E-state index in [-0.39, 0.29) is 0 Å². The maximum Gasteiger partial charge on any atom is 0.0566 e. The van der Waals surface area contributed by atoms with Crippen molar-refractivity contribution in [2.45, 2.75) is 13.8 Å². The molecule has 0 aliphatic rings. The van der Waals surface area contributed by atoms with Crippen LogP contribution in [0, 0.1) is 0 Å². The van der Waals surface area contributed by atoms with Crippen LogP contribution >= 0.6 is 11.8 Å².